The lowest BCUT2D eigenvalue weighted by Gasteiger charge is -2.20. The molecule has 2 aromatic heterocycles. The smallest absolute Gasteiger partial charge is 0.219 e. The number of aromatic nitrogens is 3. The lowest BCUT2D eigenvalue weighted by Crippen LogP contribution is -2.35. The normalized spacial score (nSPS) is 11.7. The van der Waals surface area contributed by atoms with E-state index in [-0.39, 0.29) is 5.54 Å². The maximum absolute atomic E-state index is 5.91. The van der Waals surface area contributed by atoms with E-state index in [4.69, 9.17) is 4.74 Å². The SMILES string of the molecule is Cc1nn(C)c(C)c1Oc1cccc(CNC(C)(C)C)n1. The van der Waals surface area contributed by atoms with E-state index < -0.39 is 0 Å². The standard InChI is InChI=1S/C16H24N4O/c1-11-15(12(2)20(6)19-11)21-14-9-7-8-13(18-14)10-17-16(3,4)5/h7-9,17H,10H2,1-6H3. The Kier molecular flexibility index (Phi) is 4.32. The van der Waals surface area contributed by atoms with Crippen LogP contribution in [0.4, 0.5) is 0 Å². The first-order chi connectivity index (χ1) is 9.76. The van der Waals surface area contributed by atoms with Crippen molar-refractivity contribution in [3.05, 3.63) is 35.3 Å². The molecular formula is C16H24N4O. The number of nitrogens with zero attached hydrogens (tertiary/aromatic N) is 3. The Balaban J connectivity index is 2.14. The molecule has 0 aliphatic rings. The van der Waals surface area contributed by atoms with Gasteiger partial charge in [0.05, 0.1) is 11.4 Å². The minimum Gasteiger partial charge on any atom is -0.435 e. The highest BCUT2D eigenvalue weighted by molar-refractivity contribution is 5.35. The summed E-state index contributed by atoms with van der Waals surface area (Å²) in [6.45, 7) is 11.0. The van der Waals surface area contributed by atoms with E-state index in [9.17, 15) is 0 Å². The average molecular weight is 288 g/mol. The van der Waals surface area contributed by atoms with Gasteiger partial charge in [-0.2, -0.15) is 5.10 Å². The third-order valence-corrected chi connectivity index (χ3v) is 3.23. The fraction of sp³-hybridized carbons (Fsp3) is 0.500. The summed E-state index contributed by atoms with van der Waals surface area (Å²) in [5.41, 5.74) is 2.89. The van der Waals surface area contributed by atoms with Crippen LogP contribution in [0, 0.1) is 13.8 Å². The van der Waals surface area contributed by atoms with E-state index in [0.717, 1.165) is 22.8 Å². The highest BCUT2D eigenvalue weighted by atomic mass is 16.5. The van der Waals surface area contributed by atoms with E-state index in [1.807, 2.05) is 43.8 Å². The molecule has 1 N–H and O–H groups in total. The summed E-state index contributed by atoms with van der Waals surface area (Å²) < 4.78 is 7.73. The molecule has 0 spiro atoms. The largest absolute Gasteiger partial charge is 0.435 e. The molecule has 0 atom stereocenters. The zero-order chi connectivity index (χ0) is 15.6. The summed E-state index contributed by atoms with van der Waals surface area (Å²) >= 11 is 0. The van der Waals surface area contributed by atoms with E-state index in [2.05, 4.69) is 36.2 Å². The third-order valence-electron chi connectivity index (χ3n) is 3.23. The van der Waals surface area contributed by atoms with Crippen molar-refractivity contribution in [2.75, 3.05) is 0 Å². The van der Waals surface area contributed by atoms with Crippen molar-refractivity contribution in [3.63, 3.8) is 0 Å². The summed E-state index contributed by atoms with van der Waals surface area (Å²) in [4.78, 5) is 4.54. The number of hydrogen-bond donors (Lipinski definition) is 1. The molecule has 0 bridgehead atoms. The summed E-state index contributed by atoms with van der Waals surface area (Å²) in [5.74, 6) is 1.38. The zero-order valence-electron chi connectivity index (χ0n) is 13.7. The molecule has 5 heteroatoms. The Morgan fingerprint density at radius 3 is 2.52 bits per heavy atom. The summed E-state index contributed by atoms with van der Waals surface area (Å²) in [5, 5.41) is 7.77. The molecule has 2 heterocycles. The first kappa shape index (κ1) is 15.5. The van der Waals surface area contributed by atoms with Crippen LogP contribution in [0.3, 0.4) is 0 Å². The lowest BCUT2D eigenvalue weighted by molar-refractivity contribution is 0.415. The molecule has 0 aromatic carbocycles. The monoisotopic (exact) mass is 288 g/mol. The molecule has 0 aliphatic heterocycles. The van der Waals surface area contributed by atoms with Crippen molar-refractivity contribution < 1.29 is 4.74 Å². The molecule has 5 nitrogen and oxygen atoms in total. The van der Waals surface area contributed by atoms with Crippen LogP contribution in [-0.4, -0.2) is 20.3 Å². The van der Waals surface area contributed by atoms with E-state index >= 15 is 0 Å². The Morgan fingerprint density at radius 1 is 1.24 bits per heavy atom. The molecule has 21 heavy (non-hydrogen) atoms. The lowest BCUT2D eigenvalue weighted by atomic mass is 10.1. The van der Waals surface area contributed by atoms with E-state index in [1.54, 1.807) is 0 Å². The molecule has 0 fully saturated rings. The second-order valence-corrected chi connectivity index (χ2v) is 6.30. The first-order valence-corrected chi connectivity index (χ1v) is 7.15. The first-order valence-electron chi connectivity index (χ1n) is 7.15. The van der Waals surface area contributed by atoms with E-state index in [1.165, 1.54) is 0 Å². The van der Waals surface area contributed by atoms with Gasteiger partial charge in [0, 0.05) is 25.2 Å². The number of pyridine rings is 1. The second-order valence-electron chi connectivity index (χ2n) is 6.30. The van der Waals surface area contributed by atoms with Gasteiger partial charge in [-0.3, -0.25) is 4.68 Å². The highest BCUT2D eigenvalue weighted by Crippen LogP contribution is 2.26. The van der Waals surface area contributed by atoms with Gasteiger partial charge >= 0.3 is 0 Å². The average Bonchev–Trinajstić information content (AvgIpc) is 2.63. The van der Waals surface area contributed by atoms with Crippen molar-refractivity contribution in [2.24, 2.45) is 7.05 Å². The number of aryl methyl sites for hydroxylation is 2. The predicted octanol–water partition coefficient (Wildman–Crippen LogP) is 3.11. The molecule has 2 rings (SSSR count). The Labute approximate surface area is 126 Å². The van der Waals surface area contributed by atoms with Gasteiger partial charge < -0.3 is 10.1 Å². The maximum Gasteiger partial charge on any atom is 0.219 e. The Morgan fingerprint density at radius 2 is 1.95 bits per heavy atom. The van der Waals surface area contributed by atoms with Gasteiger partial charge in [-0.05, 0) is 40.7 Å². The summed E-state index contributed by atoms with van der Waals surface area (Å²) in [7, 11) is 1.91. The fourth-order valence-corrected chi connectivity index (χ4v) is 1.98. The van der Waals surface area contributed by atoms with Crippen LogP contribution in [0.25, 0.3) is 0 Å². The number of hydrogen-bond acceptors (Lipinski definition) is 4. The van der Waals surface area contributed by atoms with Crippen molar-refractivity contribution in [1.82, 2.24) is 20.1 Å². The van der Waals surface area contributed by atoms with Gasteiger partial charge in [-0.25, -0.2) is 4.98 Å². The molecule has 0 amide bonds. The maximum atomic E-state index is 5.91. The van der Waals surface area contributed by atoms with Crippen LogP contribution in [-0.2, 0) is 13.6 Å². The molecule has 2 aromatic rings. The fourth-order valence-electron chi connectivity index (χ4n) is 1.98. The van der Waals surface area contributed by atoms with Gasteiger partial charge in [0.2, 0.25) is 5.88 Å². The van der Waals surface area contributed by atoms with Crippen molar-refractivity contribution in [3.8, 4) is 11.6 Å². The second kappa shape index (κ2) is 5.85. The highest BCUT2D eigenvalue weighted by Gasteiger charge is 2.13. The van der Waals surface area contributed by atoms with Crippen molar-refractivity contribution in [2.45, 2.75) is 46.7 Å². The van der Waals surface area contributed by atoms with Crippen LogP contribution in [0.5, 0.6) is 11.6 Å². The van der Waals surface area contributed by atoms with Crippen LogP contribution in [0.2, 0.25) is 0 Å². The van der Waals surface area contributed by atoms with Gasteiger partial charge in [0.15, 0.2) is 5.75 Å². The number of nitrogens with one attached hydrogen (secondary N) is 1. The van der Waals surface area contributed by atoms with Gasteiger partial charge in [0.1, 0.15) is 5.69 Å². The molecular weight excluding hydrogens is 264 g/mol. The summed E-state index contributed by atoms with van der Waals surface area (Å²) in [6.07, 6.45) is 0. The molecule has 0 aliphatic carbocycles. The van der Waals surface area contributed by atoms with Gasteiger partial charge in [-0.1, -0.05) is 6.07 Å². The number of ether oxygens (including phenoxy) is 1. The molecule has 0 radical (unpaired) electrons. The van der Waals surface area contributed by atoms with Gasteiger partial charge in [0.25, 0.3) is 0 Å². The zero-order valence-corrected chi connectivity index (χ0v) is 13.7. The van der Waals surface area contributed by atoms with Gasteiger partial charge in [-0.15, -0.1) is 0 Å². The molecule has 0 saturated heterocycles. The van der Waals surface area contributed by atoms with Crippen LogP contribution >= 0.6 is 0 Å². The third kappa shape index (κ3) is 4.04. The molecule has 114 valence electrons. The minimum atomic E-state index is 0.0646. The predicted molar refractivity (Wildman–Crippen MR) is 83.6 cm³/mol. The van der Waals surface area contributed by atoms with E-state index in [0.29, 0.717) is 12.4 Å². The van der Waals surface area contributed by atoms with Crippen molar-refractivity contribution >= 4 is 0 Å². The quantitative estimate of drug-likeness (QED) is 0.939. The van der Waals surface area contributed by atoms with Crippen LogP contribution in [0.15, 0.2) is 18.2 Å². The Hall–Kier alpha value is -1.88. The topological polar surface area (TPSA) is 52.0 Å². The van der Waals surface area contributed by atoms with Crippen molar-refractivity contribution in [1.29, 1.82) is 0 Å². The van der Waals surface area contributed by atoms with Crippen LogP contribution in [0.1, 0.15) is 37.9 Å². The summed E-state index contributed by atoms with van der Waals surface area (Å²) in [6, 6.07) is 5.82. The number of rotatable bonds is 4. The van der Waals surface area contributed by atoms with Crippen LogP contribution < -0.4 is 10.1 Å². The Bertz CT molecular complexity index is 626. The molecule has 0 unspecified atom stereocenters. The molecule has 0 saturated carbocycles. The minimum absolute atomic E-state index is 0.0646.